The maximum Gasteiger partial charge on any atom is 0.227 e. The first kappa shape index (κ1) is 24.8. The molecule has 0 radical (unpaired) electrons. The van der Waals surface area contributed by atoms with Gasteiger partial charge in [-0.05, 0) is 44.5 Å². The molecule has 0 amide bonds. The topological polar surface area (TPSA) is 59.8 Å². The fraction of sp³-hybridized carbons (Fsp3) is 0.400. The number of ether oxygens (including phenoxy) is 2. The number of aryl methyl sites for hydroxylation is 1. The Hall–Kier alpha value is -2.81. The Bertz CT molecular complexity index is 1040. The van der Waals surface area contributed by atoms with Gasteiger partial charge >= 0.3 is 0 Å². The van der Waals surface area contributed by atoms with Gasteiger partial charge < -0.3 is 14.6 Å². The van der Waals surface area contributed by atoms with E-state index < -0.39 is 17.7 Å². The molecule has 33 heavy (non-hydrogen) atoms. The minimum Gasteiger partial charge on any atom is -0.435 e. The molecule has 0 fully saturated rings. The Kier molecular flexibility index (Phi) is 8.55. The monoisotopic (exact) mass is 459 g/mol. The normalized spacial score (nSPS) is 13.3. The molecule has 0 unspecified atom stereocenters. The van der Waals surface area contributed by atoms with Crippen molar-refractivity contribution >= 4 is 0 Å². The Morgan fingerprint density at radius 2 is 1.88 bits per heavy atom. The molecule has 0 bridgehead atoms. The van der Waals surface area contributed by atoms with Gasteiger partial charge in [0.2, 0.25) is 5.88 Å². The lowest BCUT2D eigenvalue weighted by atomic mass is 10.1. The van der Waals surface area contributed by atoms with Crippen molar-refractivity contribution in [2.45, 2.75) is 45.9 Å². The Morgan fingerprint density at radius 1 is 1.15 bits per heavy atom. The van der Waals surface area contributed by atoms with Gasteiger partial charge in [0.1, 0.15) is 5.82 Å². The molecule has 0 spiro atoms. The molecule has 0 aliphatic rings. The number of halogens is 2. The molecule has 0 saturated carbocycles. The van der Waals surface area contributed by atoms with Crippen LogP contribution in [0.25, 0.3) is 5.69 Å². The molecule has 6 nitrogen and oxygen atoms in total. The van der Waals surface area contributed by atoms with Crippen LogP contribution in [0.4, 0.5) is 8.78 Å². The van der Waals surface area contributed by atoms with Gasteiger partial charge in [-0.3, -0.25) is 4.90 Å². The highest BCUT2D eigenvalue weighted by Crippen LogP contribution is 2.33. The van der Waals surface area contributed by atoms with E-state index in [1.54, 1.807) is 11.8 Å². The number of hydrogen-bond acceptors (Lipinski definition) is 5. The molecule has 8 heteroatoms. The predicted molar refractivity (Wildman–Crippen MR) is 123 cm³/mol. The maximum atomic E-state index is 14.5. The van der Waals surface area contributed by atoms with Crippen LogP contribution in [-0.4, -0.2) is 52.2 Å². The second kappa shape index (κ2) is 11.4. The fourth-order valence-corrected chi connectivity index (χ4v) is 3.61. The molecule has 0 aliphatic heterocycles. The van der Waals surface area contributed by atoms with Crippen LogP contribution in [0.2, 0.25) is 0 Å². The maximum absolute atomic E-state index is 14.5. The predicted octanol–water partition coefficient (Wildman–Crippen LogP) is 4.86. The average molecular weight is 460 g/mol. The van der Waals surface area contributed by atoms with Crippen molar-refractivity contribution in [2.24, 2.45) is 0 Å². The Morgan fingerprint density at radius 3 is 2.52 bits per heavy atom. The molecule has 3 aromatic rings. The molecule has 1 aromatic heterocycles. The summed E-state index contributed by atoms with van der Waals surface area (Å²) in [5.41, 5.74) is 2.22. The van der Waals surface area contributed by atoms with Gasteiger partial charge in [-0.25, -0.2) is 13.5 Å². The van der Waals surface area contributed by atoms with E-state index in [-0.39, 0.29) is 18.4 Å². The van der Waals surface area contributed by atoms with Crippen LogP contribution in [0.1, 0.15) is 31.5 Å². The van der Waals surface area contributed by atoms with Crippen molar-refractivity contribution in [3.63, 3.8) is 0 Å². The van der Waals surface area contributed by atoms with E-state index in [4.69, 9.17) is 9.47 Å². The quantitative estimate of drug-likeness (QED) is 0.444. The second-order valence-electron chi connectivity index (χ2n) is 8.09. The molecule has 0 saturated heterocycles. The first-order valence-electron chi connectivity index (χ1n) is 11.0. The third kappa shape index (κ3) is 6.16. The number of aliphatic hydroxyl groups excluding tert-OH is 1. The SMILES string of the molecule is CC[C@@H](C)N(Cc1c(C)nn(-c2ccccc2)c1Oc1ccc(F)cc1F)C[C@H](O)COC. The number of rotatable bonds is 11. The van der Waals surface area contributed by atoms with E-state index >= 15 is 0 Å². The number of methoxy groups -OCH3 is 1. The van der Waals surface area contributed by atoms with Crippen LogP contribution in [0.5, 0.6) is 11.6 Å². The van der Waals surface area contributed by atoms with Gasteiger partial charge in [0.25, 0.3) is 0 Å². The van der Waals surface area contributed by atoms with E-state index in [1.807, 2.05) is 37.3 Å². The molecule has 1 N–H and O–H groups in total. The third-order valence-electron chi connectivity index (χ3n) is 5.62. The van der Waals surface area contributed by atoms with Gasteiger partial charge in [-0.1, -0.05) is 25.1 Å². The lowest BCUT2D eigenvalue weighted by molar-refractivity contribution is 0.0252. The van der Waals surface area contributed by atoms with Crippen molar-refractivity contribution in [3.8, 4) is 17.3 Å². The largest absolute Gasteiger partial charge is 0.435 e. The number of para-hydroxylation sites is 1. The molecule has 3 rings (SSSR count). The van der Waals surface area contributed by atoms with Crippen molar-refractivity contribution in [1.29, 1.82) is 0 Å². The zero-order valence-electron chi connectivity index (χ0n) is 19.5. The average Bonchev–Trinajstić information content (AvgIpc) is 3.10. The van der Waals surface area contributed by atoms with Crippen LogP contribution >= 0.6 is 0 Å². The minimum atomic E-state index is -0.797. The lowest BCUT2D eigenvalue weighted by Crippen LogP contribution is -2.40. The molecular weight excluding hydrogens is 428 g/mol. The van der Waals surface area contributed by atoms with E-state index in [0.717, 1.165) is 29.8 Å². The van der Waals surface area contributed by atoms with Crippen LogP contribution in [-0.2, 0) is 11.3 Å². The minimum absolute atomic E-state index is 0.0933. The Balaban J connectivity index is 2.04. The molecule has 2 atom stereocenters. The first-order chi connectivity index (χ1) is 15.8. The summed E-state index contributed by atoms with van der Waals surface area (Å²) >= 11 is 0. The van der Waals surface area contributed by atoms with E-state index in [2.05, 4.69) is 23.8 Å². The zero-order valence-corrected chi connectivity index (χ0v) is 19.5. The van der Waals surface area contributed by atoms with Crippen molar-refractivity contribution in [3.05, 3.63) is 71.4 Å². The number of nitrogens with zero attached hydrogens (tertiary/aromatic N) is 3. The summed E-state index contributed by atoms with van der Waals surface area (Å²) in [7, 11) is 1.55. The highest BCUT2D eigenvalue weighted by molar-refractivity contribution is 5.43. The van der Waals surface area contributed by atoms with Gasteiger partial charge in [-0.2, -0.15) is 5.10 Å². The molecular formula is C25H31F2N3O3. The van der Waals surface area contributed by atoms with Crippen LogP contribution in [0, 0.1) is 18.6 Å². The standard InChI is InChI=1S/C25H31F2N3O3/c1-5-17(2)29(14-21(31)16-32-4)15-22-18(3)28-30(20-9-7-6-8-10-20)25(22)33-24-12-11-19(26)13-23(24)27/h6-13,17,21,31H,5,14-16H2,1-4H3/t17-,21+/m1/s1. The second-order valence-corrected chi connectivity index (χ2v) is 8.09. The van der Waals surface area contributed by atoms with Crippen molar-refractivity contribution in [1.82, 2.24) is 14.7 Å². The van der Waals surface area contributed by atoms with Crippen LogP contribution < -0.4 is 4.74 Å². The van der Waals surface area contributed by atoms with E-state index in [9.17, 15) is 13.9 Å². The van der Waals surface area contributed by atoms with E-state index in [0.29, 0.717) is 24.7 Å². The van der Waals surface area contributed by atoms with Gasteiger partial charge in [-0.15, -0.1) is 0 Å². The number of aromatic nitrogens is 2. The van der Waals surface area contributed by atoms with E-state index in [1.165, 1.54) is 6.07 Å². The number of benzene rings is 2. The lowest BCUT2D eigenvalue weighted by Gasteiger charge is -2.30. The number of aliphatic hydroxyl groups is 1. The summed E-state index contributed by atoms with van der Waals surface area (Å²) in [4.78, 5) is 2.12. The van der Waals surface area contributed by atoms with Gasteiger partial charge in [0.15, 0.2) is 11.6 Å². The molecule has 1 heterocycles. The molecule has 0 aliphatic carbocycles. The fourth-order valence-electron chi connectivity index (χ4n) is 3.61. The zero-order chi connectivity index (χ0) is 24.0. The summed E-state index contributed by atoms with van der Waals surface area (Å²) in [6, 6.07) is 12.8. The highest BCUT2D eigenvalue weighted by Gasteiger charge is 2.25. The first-order valence-corrected chi connectivity index (χ1v) is 11.0. The van der Waals surface area contributed by atoms with Crippen molar-refractivity contribution < 1.29 is 23.4 Å². The van der Waals surface area contributed by atoms with Gasteiger partial charge in [0.05, 0.1) is 29.7 Å². The summed E-state index contributed by atoms with van der Waals surface area (Å²) in [6.07, 6.45) is 0.210. The summed E-state index contributed by atoms with van der Waals surface area (Å²) in [6.45, 7) is 7.06. The third-order valence-corrected chi connectivity index (χ3v) is 5.62. The summed E-state index contributed by atoms with van der Waals surface area (Å²) in [5.74, 6) is -1.22. The van der Waals surface area contributed by atoms with Crippen LogP contribution in [0.15, 0.2) is 48.5 Å². The molecule has 2 aromatic carbocycles. The smallest absolute Gasteiger partial charge is 0.227 e. The van der Waals surface area contributed by atoms with Gasteiger partial charge in [0, 0.05) is 32.3 Å². The summed E-state index contributed by atoms with van der Waals surface area (Å²) in [5, 5.41) is 15.0. The highest BCUT2D eigenvalue weighted by atomic mass is 19.1. The number of hydrogen-bond donors (Lipinski definition) is 1. The molecule has 178 valence electrons. The van der Waals surface area contributed by atoms with Crippen molar-refractivity contribution in [2.75, 3.05) is 20.3 Å². The van der Waals surface area contributed by atoms with Crippen LogP contribution in [0.3, 0.4) is 0 Å². The Labute approximate surface area is 193 Å². The summed E-state index contributed by atoms with van der Waals surface area (Å²) < 4.78 is 40.6.